The Balaban J connectivity index is 1.63. The maximum Gasteiger partial charge on any atom is 0.417 e. The molecule has 0 saturated carbocycles. The van der Waals surface area contributed by atoms with Crippen molar-refractivity contribution < 1.29 is 22.7 Å². The van der Waals surface area contributed by atoms with Gasteiger partial charge in [-0.25, -0.2) is 4.98 Å². The molecule has 2 aromatic heterocycles. The number of ether oxygens (including phenoxy) is 1. The lowest BCUT2D eigenvalue weighted by Crippen LogP contribution is -2.43. The van der Waals surface area contributed by atoms with Crippen LogP contribution >= 0.6 is 0 Å². The Morgan fingerprint density at radius 2 is 1.94 bits per heavy atom. The van der Waals surface area contributed by atoms with Gasteiger partial charge in [-0.2, -0.15) is 13.2 Å². The molecule has 0 radical (unpaired) electrons. The minimum atomic E-state index is -4.45. The molecule has 2 aliphatic heterocycles. The van der Waals surface area contributed by atoms with Crippen LogP contribution in [0, 0.1) is 0 Å². The topological polar surface area (TPSA) is 70.9 Å². The monoisotopic (exact) mass is 431 g/mol. The standard InChI is InChI=1S/C21H20F3N5O2/c22-21(23,24)14-2-4-18-27-20(13-1-3-17-15(9-13)26-19(30)12-31-17)16(29(18)10-14)11-28-7-5-25-6-8-28/h1-4,9-10,25H,5-8,11-12H2,(H,26,30). The van der Waals surface area contributed by atoms with E-state index < -0.39 is 11.7 Å². The second-order valence-electron chi connectivity index (χ2n) is 7.62. The van der Waals surface area contributed by atoms with Gasteiger partial charge in [-0.1, -0.05) is 0 Å². The molecule has 0 unspecified atom stereocenters. The number of nitrogens with one attached hydrogen (secondary N) is 2. The van der Waals surface area contributed by atoms with E-state index in [-0.39, 0.29) is 12.5 Å². The van der Waals surface area contributed by atoms with Crippen LogP contribution in [0.15, 0.2) is 36.5 Å². The summed E-state index contributed by atoms with van der Waals surface area (Å²) < 4.78 is 47.0. The van der Waals surface area contributed by atoms with Gasteiger partial charge >= 0.3 is 6.18 Å². The first-order valence-corrected chi connectivity index (χ1v) is 9.97. The third-order valence-electron chi connectivity index (χ3n) is 5.51. The van der Waals surface area contributed by atoms with Gasteiger partial charge in [0, 0.05) is 44.5 Å². The number of amides is 1. The van der Waals surface area contributed by atoms with Crippen molar-refractivity contribution >= 4 is 17.2 Å². The number of carbonyl (C=O) groups excluding carboxylic acids is 1. The summed E-state index contributed by atoms with van der Waals surface area (Å²) in [4.78, 5) is 18.5. The Morgan fingerprint density at radius 1 is 1.13 bits per heavy atom. The quantitative estimate of drug-likeness (QED) is 0.668. The predicted octanol–water partition coefficient (Wildman–Crippen LogP) is 2.76. The number of piperazine rings is 1. The molecule has 1 aromatic carbocycles. The van der Waals surface area contributed by atoms with Gasteiger partial charge in [0.1, 0.15) is 11.4 Å². The maximum absolute atomic E-state index is 13.4. The zero-order valence-electron chi connectivity index (χ0n) is 16.5. The van der Waals surface area contributed by atoms with Crippen LogP contribution in [0.3, 0.4) is 0 Å². The molecule has 0 bridgehead atoms. The smallest absolute Gasteiger partial charge is 0.417 e. The largest absolute Gasteiger partial charge is 0.482 e. The lowest BCUT2D eigenvalue weighted by atomic mass is 10.1. The zero-order chi connectivity index (χ0) is 21.6. The number of imidazole rings is 1. The molecule has 2 aliphatic rings. The van der Waals surface area contributed by atoms with Crippen LogP contribution in [-0.2, 0) is 17.5 Å². The molecule has 1 saturated heterocycles. The van der Waals surface area contributed by atoms with Crippen LogP contribution < -0.4 is 15.4 Å². The molecule has 1 amide bonds. The van der Waals surface area contributed by atoms with E-state index in [4.69, 9.17) is 4.74 Å². The van der Waals surface area contributed by atoms with E-state index in [1.807, 2.05) is 6.07 Å². The van der Waals surface area contributed by atoms with Crippen LogP contribution in [0.2, 0.25) is 0 Å². The fraction of sp³-hybridized carbons (Fsp3) is 0.333. The average molecular weight is 431 g/mol. The van der Waals surface area contributed by atoms with Crippen LogP contribution in [0.5, 0.6) is 5.75 Å². The van der Waals surface area contributed by atoms with Gasteiger partial charge in [0.25, 0.3) is 5.91 Å². The lowest BCUT2D eigenvalue weighted by Gasteiger charge is -2.27. The minimum absolute atomic E-state index is 0.0465. The highest BCUT2D eigenvalue weighted by molar-refractivity contribution is 5.96. The number of nitrogens with zero attached hydrogens (tertiary/aromatic N) is 3. The van der Waals surface area contributed by atoms with Crippen molar-refractivity contribution in [2.24, 2.45) is 0 Å². The molecule has 7 nitrogen and oxygen atoms in total. The van der Waals surface area contributed by atoms with Crippen molar-refractivity contribution in [1.29, 1.82) is 0 Å². The van der Waals surface area contributed by atoms with Gasteiger partial charge in [0.05, 0.1) is 22.6 Å². The first kappa shape index (κ1) is 19.8. The number of carbonyl (C=O) groups is 1. The maximum atomic E-state index is 13.4. The fourth-order valence-corrected chi connectivity index (χ4v) is 3.95. The Morgan fingerprint density at radius 3 is 2.71 bits per heavy atom. The molecular weight excluding hydrogens is 411 g/mol. The molecule has 10 heteroatoms. The van der Waals surface area contributed by atoms with Gasteiger partial charge < -0.3 is 19.8 Å². The van der Waals surface area contributed by atoms with Gasteiger partial charge in [0.2, 0.25) is 0 Å². The number of hydrogen-bond donors (Lipinski definition) is 2. The summed E-state index contributed by atoms with van der Waals surface area (Å²) in [6, 6.07) is 7.73. The molecular formula is C21H20F3N5O2. The highest BCUT2D eigenvalue weighted by Crippen LogP contribution is 2.35. The van der Waals surface area contributed by atoms with Crippen molar-refractivity contribution in [2.45, 2.75) is 12.7 Å². The van der Waals surface area contributed by atoms with E-state index in [9.17, 15) is 18.0 Å². The highest BCUT2D eigenvalue weighted by Gasteiger charge is 2.31. The average Bonchev–Trinajstić information content (AvgIpc) is 3.11. The number of anilines is 1. The Bertz CT molecular complexity index is 1150. The zero-order valence-corrected chi connectivity index (χ0v) is 16.5. The van der Waals surface area contributed by atoms with Crippen LogP contribution in [0.25, 0.3) is 16.9 Å². The second-order valence-corrected chi connectivity index (χ2v) is 7.62. The third kappa shape index (κ3) is 3.84. The summed E-state index contributed by atoms with van der Waals surface area (Å²) in [6.45, 7) is 3.64. The SMILES string of the molecule is O=C1COc2ccc(-c3nc4ccc(C(F)(F)F)cn4c3CN3CCNCC3)cc2N1. The normalized spacial score (nSPS) is 17.3. The second kappa shape index (κ2) is 7.54. The van der Waals surface area contributed by atoms with Gasteiger partial charge in [0.15, 0.2) is 6.61 Å². The van der Waals surface area contributed by atoms with E-state index in [0.29, 0.717) is 40.6 Å². The van der Waals surface area contributed by atoms with Crippen molar-refractivity contribution in [3.8, 4) is 17.0 Å². The summed E-state index contributed by atoms with van der Waals surface area (Å²) in [5.74, 6) is 0.297. The van der Waals surface area contributed by atoms with E-state index in [0.717, 1.165) is 38.4 Å². The number of pyridine rings is 1. The van der Waals surface area contributed by atoms with Crippen LogP contribution in [-0.4, -0.2) is 53.0 Å². The van der Waals surface area contributed by atoms with E-state index >= 15 is 0 Å². The van der Waals surface area contributed by atoms with Crippen LogP contribution in [0.1, 0.15) is 11.3 Å². The van der Waals surface area contributed by atoms with Gasteiger partial charge in [-0.05, 0) is 30.3 Å². The Labute approximate surface area is 175 Å². The number of rotatable bonds is 3. The summed E-state index contributed by atoms with van der Waals surface area (Å²) >= 11 is 0. The highest BCUT2D eigenvalue weighted by atomic mass is 19.4. The Hall–Kier alpha value is -3.11. The summed E-state index contributed by atoms with van der Waals surface area (Å²) in [7, 11) is 0. The van der Waals surface area contributed by atoms with Crippen molar-refractivity contribution in [3.05, 3.63) is 47.8 Å². The summed E-state index contributed by atoms with van der Waals surface area (Å²) in [5, 5.41) is 6.05. The number of fused-ring (bicyclic) bond motifs is 2. The summed E-state index contributed by atoms with van der Waals surface area (Å²) in [6.07, 6.45) is -3.34. The molecule has 4 heterocycles. The molecule has 0 atom stereocenters. The summed E-state index contributed by atoms with van der Waals surface area (Å²) in [5.41, 5.74) is 2.19. The first-order chi connectivity index (χ1) is 14.9. The first-order valence-electron chi connectivity index (χ1n) is 9.97. The molecule has 3 aromatic rings. The van der Waals surface area contributed by atoms with Crippen molar-refractivity contribution in [3.63, 3.8) is 0 Å². The van der Waals surface area contributed by atoms with E-state index in [1.165, 1.54) is 10.5 Å². The number of aromatic nitrogens is 2. The number of halogens is 3. The van der Waals surface area contributed by atoms with Gasteiger partial charge in [-0.3, -0.25) is 9.69 Å². The lowest BCUT2D eigenvalue weighted by molar-refractivity contribution is -0.137. The molecule has 1 fully saturated rings. The van der Waals surface area contributed by atoms with E-state index in [2.05, 4.69) is 20.5 Å². The molecule has 0 aliphatic carbocycles. The van der Waals surface area contributed by atoms with Gasteiger partial charge in [-0.15, -0.1) is 0 Å². The third-order valence-corrected chi connectivity index (χ3v) is 5.51. The molecule has 31 heavy (non-hydrogen) atoms. The number of alkyl halides is 3. The van der Waals surface area contributed by atoms with Crippen molar-refractivity contribution in [1.82, 2.24) is 19.6 Å². The van der Waals surface area contributed by atoms with Crippen molar-refractivity contribution in [2.75, 3.05) is 38.1 Å². The predicted molar refractivity (Wildman–Crippen MR) is 108 cm³/mol. The number of hydrogen-bond acceptors (Lipinski definition) is 5. The molecule has 162 valence electrons. The molecule has 2 N–H and O–H groups in total. The fourth-order valence-electron chi connectivity index (χ4n) is 3.95. The molecule has 0 spiro atoms. The van der Waals surface area contributed by atoms with Crippen LogP contribution in [0.4, 0.5) is 18.9 Å². The minimum Gasteiger partial charge on any atom is -0.482 e. The Kier molecular flexibility index (Phi) is 4.82. The number of benzene rings is 1. The van der Waals surface area contributed by atoms with E-state index in [1.54, 1.807) is 12.1 Å². The molecule has 5 rings (SSSR count).